The zero-order valence-corrected chi connectivity index (χ0v) is 18.3. The van der Waals surface area contributed by atoms with Gasteiger partial charge in [0.2, 0.25) is 0 Å². The molecule has 1 saturated carbocycles. The zero-order valence-electron chi connectivity index (χ0n) is 17.6. The van der Waals surface area contributed by atoms with Crippen LogP contribution in [0.5, 0.6) is 0 Å². The van der Waals surface area contributed by atoms with E-state index in [4.69, 9.17) is 22.2 Å². The van der Waals surface area contributed by atoms with Crippen molar-refractivity contribution in [2.75, 3.05) is 18.5 Å². The molecule has 1 aromatic heterocycles. The summed E-state index contributed by atoms with van der Waals surface area (Å²) >= 11 is 6.03. The molecule has 1 aliphatic rings. The van der Waals surface area contributed by atoms with Crippen LogP contribution in [0.3, 0.4) is 0 Å². The maximum atomic E-state index is 15.6. The number of carbonyl (C=O) groups is 1. The van der Waals surface area contributed by atoms with Gasteiger partial charge in [-0.05, 0) is 55.5 Å². The third-order valence-corrected chi connectivity index (χ3v) is 5.63. The van der Waals surface area contributed by atoms with Crippen molar-refractivity contribution in [3.63, 3.8) is 0 Å². The summed E-state index contributed by atoms with van der Waals surface area (Å²) in [6.07, 6.45) is 3.58. The summed E-state index contributed by atoms with van der Waals surface area (Å²) in [4.78, 5) is 22.4. The predicted molar refractivity (Wildman–Crippen MR) is 120 cm³/mol. The van der Waals surface area contributed by atoms with Crippen LogP contribution in [0.25, 0.3) is 11.0 Å². The van der Waals surface area contributed by atoms with E-state index in [1.165, 1.54) is 6.33 Å². The lowest BCUT2D eigenvalue weighted by Gasteiger charge is -2.16. The summed E-state index contributed by atoms with van der Waals surface area (Å²) in [5.41, 5.74) is 10.1. The summed E-state index contributed by atoms with van der Waals surface area (Å²) in [5.74, 6) is -0.814. The van der Waals surface area contributed by atoms with Gasteiger partial charge in [-0.25, -0.2) is 14.9 Å². The van der Waals surface area contributed by atoms with Crippen LogP contribution in [0.4, 0.5) is 15.8 Å². The number of nitrogens with zero attached hydrogens (tertiary/aromatic N) is 2. The molecule has 1 fully saturated rings. The van der Waals surface area contributed by atoms with E-state index in [0.717, 1.165) is 18.4 Å². The maximum absolute atomic E-state index is 15.6. The van der Waals surface area contributed by atoms with Crippen molar-refractivity contribution < 1.29 is 19.1 Å². The highest BCUT2D eigenvalue weighted by Crippen LogP contribution is 2.33. The zero-order chi connectivity index (χ0) is 22.8. The smallest absolute Gasteiger partial charge is 0.277 e. The molecule has 5 N–H and O–H groups in total. The highest BCUT2D eigenvalue weighted by Gasteiger charge is 2.25. The fourth-order valence-electron chi connectivity index (χ4n) is 3.38. The number of fused-ring (bicyclic) bond motifs is 1. The van der Waals surface area contributed by atoms with E-state index in [1.807, 2.05) is 6.92 Å². The number of hydrogen-bond donors (Lipinski definition) is 4. The third-order valence-electron chi connectivity index (χ3n) is 5.40. The van der Waals surface area contributed by atoms with Gasteiger partial charge in [-0.2, -0.15) is 0 Å². The Bertz CT molecular complexity index is 1150. The molecule has 10 heteroatoms. The standard InChI is InChI=1S/C22H25ClFN5O3/c1-12-6-14(23)4-5-17(12)27-20-16(22(31)28-32-10-13-2-3-13)7-18-21(19(20)24)26-11-29(18)8-15(25)9-30/h4-7,11,13,15,27,30H,2-3,8-10,25H2,1H3,(H,28,31). The van der Waals surface area contributed by atoms with E-state index in [0.29, 0.717) is 28.8 Å². The molecule has 0 radical (unpaired) electrons. The number of benzene rings is 2. The number of amides is 1. The molecule has 0 saturated heterocycles. The number of nitrogens with one attached hydrogen (secondary N) is 2. The van der Waals surface area contributed by atoms with Crippen LogP contribution < -0.4 is 16.5 Å². The molecule has 2 aromatic carbocycles. The third kappa shape index (κ3) is 4.86. The van der Waals surface area contributed by atoms with Crippen LogP contribution in [0.2, 0.25) is 5.02 Å². The number of carbonyl (C=O) groups excluding carboxylic acids is 1. The molecule has 170 valence electrons. The minimum atomic E-state index is -0.680. The topological polar surface area (TPSA) is 114 Å². The first-order chi connectivity index (χ1) is 15.4. The Balaban J connectivity index is 1.74. The average molecular weight is 462 g/mol. The number of halogens is 2. The van der Waals surface area contributed by atoms with Crippen molar-refractivity contribution in [1.29, 1.82) is 0 Å². The molecule has 3 aromatic rings. The van der Waals surface area contributed by atoms with Gasteiger partial charge >= 0.3 is 0 Å². The molecule has 1 aliphatic carbocycles. The normalized spacial score (nSPS) is 14.5. The van der Waals surface area contributed by atoms with Gasteiger partial charge in [0.25, 0.3) is 5.91 Å². The fraction of sp³-hybridized carbons (Fsp3) is 0.364. The summed E-state index contributed by atoms with van der Waals surface area (Å²) in [6.45, 7) is 2.22. The molecule has 1 heterocycles. The number of aryl methyl sites for hydroxylation is 1. The predicted octanol–water partition coefficient (Wildman–Crippen LogP) is 3.27. The lowest BCUT2D eigenvalue weighted by atomic mass is 10.1. The summed E-state index contributed by atoms with van der Waals surface area (Å²) in [5, 5.41) is 12.8. The van der Waals surface area contributed by atoms with Crippen LogP contribution in [0.15, 0.2) is 30.6 Å². The number of anilines is 2. The van der Waals surface area contributed by atoms with Crippen molar-refractivity contribution >= 4 is 39.9 Å². The van der Waals surface area contributed by atoms with E-state index in [2.05, 4.69) is 15.8 Å². The Morgan fingerprint density at radius 3 is 2.91 bits per heavy atom. The first-order valence-electron chi connectivity index (χ1n) is 10.4. The molecule has 1 atom stereocenters. The maximum Gasteiger partial charge on any atom is 0.277 e. The number of aliphatic hydroxyl groups excluding tert-OH is 1. The second kappa shape index (κ2) is 9.41. The number of rotatable bonds is 9. The average Bonchev–Trinajstić information content (AvgIpc) is 3.50. The molecule has 8 nitrogen and oxygen atoms in total. The monoisotopic (exact) mass is 461 g/mol. The van der Waals surface area contributed by atoms with Gasteiger partial charge in [-0.1, -0.05) is 11.6 Å². The highest BCUT2D eigenvalue weighted by atomic mass is 35.5. The molecule has 0 spiro atoms. The molecule has 0 bridgehead atoms. The molecule has 32 heavy (non-hydrogen) atoms. The lowest BCUT2D eigenvalue weighted by molar-refractivity contribution is 0.0271. The van der Waals surface area contributed by atoms with Crippen LogP contribution >= 0.6 is 11.6 Å². The molecule has 1 amide bonds. The second-order valence-electron chi connectivity index (χ2n) is 8.09. The minimum absolute atomic E-state index is 0.0212. The van der Waals surface area contributed by atoms with Gasteiger partial charge in [0, 0.05) is 23.3 Å². The van der Waals surface area contributed by atoms with E-state index < -0.39 is 17.8 Å². The first-order valence-corrected chi connectivity index (χ1v) is 10.7. The number of nitrogens with two attached hydrogens (primary N) is 1. The van der Waals surface area contributed by atoms with Gasteiger partial charge in [0.15, 0.2) is 5.82 Å². The van der Waals surface area contributed by atoms with Gasteiger partial charge in [-0.3, -0.25) is 9.63 Å². The minimum Gasteiger partial charge on any atom is -0.395 e. The SMILES string of the molecule is Cc1cc(Cl)ccc1Nc1c(C(=O)NOCC2CC2)cc2c(ncn2CC(N)CO)c1F. The van der Waals surface area contributed by atoms with Gasteiger partial charge in [-0.15, -0.1) is 0 Å². The molecular formula is C22H25ClFN5O3. The van der Waals surface area contributed by atoms with Crippen molar-refractivity contribution in [3.05, 3.63) is 52.6 Å². The summed E-state index contributed by atoms with van der Waals surface area (Å²) in [7, 11) is 0. The number of imidazole rings is 1. The Kier molecular flexibility index (Phi) is 6.61. The number of aliphatic hydroxyl groups is 1. The van der Waals surface area contributed by atoms with E-state index in [-0.39, 0.29) is 29.9 Å². The molecule has 1 unspecified atom stereocenters. The lowest BCUT2D eigenvalue weighted by Crippen LogP contribution is -2.29. The highest BCUT2D eigenvalue weighted by molar-refractivity contribution is 6.30. The number of hydroxylamine groups is 1. The van der Waals surface area contributed by atoms with Gasteiger partial charge < -0.3 is 20.7 Å². The van der Waals surface area contributed by atoms with Crippen molar-refractivity contribution in [1.82, 2.24) is 15.0 Å². The quantitative estimate of drug-likeness (QED) is 0.364. The fourth-order valence-corrected chi connectivity index (χ4v) is 3.61. The number of hydrogen-bond acceptors (Lipinski definition) is 6. The first kappa shape index (κ1) is 22.5. The Hall–Kier alpha value is -2.72. The Morgan fingerprint density at radius 2 is 2.22 bits per heavy atom. The van der Waals surface area contributed by atoms with Crippen molar-refractivity contribution in [3.8, 4) is 0 Å². The van der Waals surface area contributed by atoms with E-state index in [1.54, 1.807) is 28.8 Å². The van der Waals surface area contributed by atoms with Crippen LogP contribution in [0, 0.1) is 18.7 Å². The summed E-state index contributed by atoms with van der Waals surface area (Å²) in [6, 6.07) is 6.12. The Labute approximate surface area is 189 Å². The van der Waals surface area contributed by atoms with E-state index >= 15 is 4.39 Å². The van der Waals surface area contributed by atoms with Crippen molar-refractivity contribution in [2.45, 2.75) is 32.4 Å². The summed E-state index contributed by atoms with van der Waals surface area (Å²) < 4.78 is 17.2. The molecule has 4 rings (SSSR count). The largest absolute Gasteiger partial charge is 0.395 e. The Morgan fingerprint density at radius 1 is 1.44 bits per heavy atom. The number of aromatic nitrogens is 2. The van der Waals surface area contributed by atoms with Crippen LogP contribution in [0.1, 0.15) is 28.8 Å². The van der Waals surface area contributed by atoms with Crippen molar-refractivity contribution in [2.24, 2.45) is 11.7 Å². The van der Waals surface area contributed by atoms with E-state index in [9.17, 15) is 9.90 Å². The van der Waals surface area contributed by atoms with Crippen LogP contribution in [-0.2, 0) is 11.4 Å². The van der Waals surface area contributed by atoms with Gasteiger partial charge in [0.1, 0.15) is 5.52 Å². The molecule has 0 aliphatic heterocycles. The van der Waals surface area contributed by atoms with Crippen LogP contribution in [-0.4, -0.2) is 39.8 Å². The van der Waals surface area contributed by atoms with Gasteiger partial charge in [0.05, 0.1) is 36.3 Å². The second-order valence-corrected chi connectivity index (χ2v) is 8.53. The molecular weight excluding hydrogens is 437 g/mol.